The van der Waals surface area contributed by atoms with Crippen LogP contribution in [0.1, 0.15) is 20.3 Å². The van der Waals surface area contributed by atoms with Gasteiger partial charge in [0.05, 0.1) is 5.92 Å². The Balaban J connectivity index is 2.77. The molecule has 1 N–H and O–H groups in total. The summed E-state index contributed by atoms with van der Waals surface area (Å²) in [4.78, 5) is 10.4. The molecule has 0 spiro atoms. The van der Waals surface area contributed by atoms with Gasteiger partial charge in [-0.05, 0) is 0 Å². The lowest BCUT2D eigenvalue weighted by atomic mass is 9.59. The minimum absolute atomic E-state index is 0.519. The highest BCUT2D eigenvalue weighted by atomic mass is 19.3. The van der Waals surface area contributed by atoms with Crippen LogP contribution in [0.15, 0.2) is 0 Å². The van der Waals surface area contributed by atoms with Crippen molar-refractivity contribution in [1.29, 1.82) is 0 Å². The van der Waals surface area contributed by atoms with Crippen LogP contribution in [-0.2, 0) is 4.79 Å². The molecular weight excluding hydrogens is 154 g/mol. The van der Waals surface area contributed by atoms with Gasteiger partial charge in [0.1, 0.15) is 0 Å². The van der Waals surface area contributed by atoms with E-state index < -0.39 is 29.6 Å². The number of hydrogen-bond donors (Lipinski definition) is 1. The number of hydrogen-bond acceptors (Lipinski definition) is 1. The summed E-state index contributed by atoms with van der Waals surface area (Å²) in [6.07, 6.45) is -0.519. The second kappa shape index (κ2) is 1.93. The minimum Gasteiger partial charge on any atom is -0.481 e. The third kappa shape index (κ3) is 0.921. The number of halogens is 2. The maximum Gasteiger partial charge on any atom is 0.307 e. The normalized spacial score (nSPS) is 32.5. The fourth-order valence-corrected chi connectivity index (χ4v) is 1.29. The third-order valence-corrected chi connectivity index (χ3v) is 2.57. The van der Waals surface area contributed by atoms with Crippen LogP contribution < -0.4 is 0 Å². The summed E-state index contributed by atoms with van der Waals surface area (Å²) in [5.41, 5.74) is -1.38. The van der Waals surface area contributed by atoms with Gasteiger partial charge in [-0.3, -0.25) is 4.79 Å². The summed E-state index contributed by atoms with van der Waals surface area (Å²) in [7, 11) is 0. The van der Waals surface area contributed by atoms with Crippen molar-refractivity contribution in [1.82, 2.24) is 0 Å². The van der Waals surface area contributed by atoms with Gasteiger partial charge in [-0.25, -0.2) is 8.78 Å². The first kappa shape index (κ1) is 8.43. The Morgan fingerprint density at radius 1 is 1.55 bits per heavy atom. The summed E-state index contributed by atoms with van der Waals surface area (Å²) in [5, 5.41) is 8.47. The first-order valence-corrected chi connectivity index (χ1v) is 3.39. The maximum absolute atomic E-state index is 12.7. The predicted octanol–water partition coefficient (Wildman–Crippen LogP) is 1.75. The quantitative estimate of drug-likeness (QED) is 0.641. The van der Waals surface area contributed by atoms with Crippen LogP contribution in [0.5, 0.6) is 0 Å². The molecule has 1 atom stereocenters. The molecule has 2 nitrogen and oxygen atoms in total. The SMILES string of the molecule is CC1(C)C(C(=O)O)CC1(F)F. The van der Waals surface area contributed by atoms with E-state index in [1.54, 1.807) is 0 Å². The topological polar surface area (TPSA) is 37.3 Å². The first-order chi connectivity index (χ1) is 4.79. The van der Waals surface area contributed by atoms with Gasteiger partial charge in [0.25, 0.3) is 5.92 Å². The van der Waals surface area contributed by atoms with Crippen LogP contribution in [0.3, 0.4) is 0 Å². The van der Waals surface area contributed by atoms with Gasteiger partial charge in [-0.2, -0.15) is 0 Å². The van der Waals surface area contributed by atoms with E-state index in [0.717, 1.165) is 0 Å². The Morgan fingerprint density at radius 3 is 2.09 bits per heavy atom. The molecule has 0 aromatic rings. The zero-order valence-corrected chi connectivity index (χ0v) is 6.40. The second-order valence-electron chi connectivity index (χ2n) is 3.52. The van der Waals surface area contributed by atoms with E-state index in [-0.39, 0.29) is 0 Å². The Labute approximate surface area is 63.2 Å². The molecule has 64 valence electrons. The molecule has 1 unspecified atom stereocenters. The maximum atomic E-state index is 12.7. The van der Waals surface area contributed by atoms with E-state index in [1.807, 2.05) is 0 Å². The van der Waals surface area contributed by atoms with Gasteiger partial charge in [-0.1, -0.05) is 13.8 Å². The lowest BCUT2D eigenvalue weighted by molar-refractivity contribution is -0.232. The second-order valence-corrected chi connectivity index (χ2v) is 3.52. The molecule has 1 saturated carbocycles. The number of carboxylic acid groups (broad SMARTS) is 1. The third-order valence-electron chi connectivity index (χ3n) is 2.57. The molecule has 1 rings (SSSR count). The highest BCUT2D eigenvalue weighted by Gasteiger charge is 2.65. The number of aliphatic carboxylic acids is 1. The van der Waals surface area contributed by atoms with Crippen LogP contribution in [-0.4, -0.2) is 17.0 Å². The molecule has 0 radical (unpaired) electrons. The van der Waals surface area contributed by atoms with Crippen LogP contribution in [0.2, 0.25) is 0 Å². The lowest BCUT2D eigenvalue weighted by Crippen LogP contribution is -2.57. The van der Waals surface area contributed by atoms with Gasteiger partial charge in [0.15, 0.2) is 0 Å². The molecule has 4 heteroatoms. The predicted molar refractivity (Wildman–Crippen MR) is 34.5 cm³/mol. The molecule has 0 aromatic carbocycles. The van der Waals surface area contributed by atoms with Crippen molar-refractivity contribution in [3.05, 3.63) is 0 Å². The summed E-state index contributed by atoms with van der Waals surface area (Å²) < 4.78 is 25.3. The number of carbonyl (C=O) groups is 1. The van der Waals surface area contributed by atoms with E-state index in [9.17, 15) is 13.6 Å². The number of alkyl halides is 2. The van der Waals surface area contributed by atoms with Crippen molar-refractivity contribution in [3.8, 4) is 0 Å². The van der Waals surface area contributed by atoms with Crippen molar-refractivity contribution >= 4 is 5.97 Å². The van der Waals surface area contributed by atoms with E-state index >= 15 is 0 Å². The van der Waals surface area contributed by atoms with Crippen molar-refractivity contribution in [2.24, 2.45) is 11.3 Å². The molecule has 1 aliphatic rings. The molecule has 0 aromatic heterocycles. The monoisotopic (exact) mass is 164 g/mol. The highest BCUT2D eigenvalue weighted by molar-refractivity contribution is 5.73. The number of carboxylic acids is 1. The molecule has 0 aliphatic heterocycles. The van der Waals surface area contributed by atoms with E-state index in [4.69, 9.17) is 5.11 Å². The van der Waals surface area contributed by atoms with Crippen LogP contribution >= 0.6 is 0 Å². The molecule has 0 amide bonds. The molecule has 0 heterocycles. The zero-order chi connectivity index (χ0) is 8.86. The van der Waals surface area contributed by atoms with Crippen molar-refractivity contribution in [2.45, 2.75) is 26.2 Å². The Morgan fingerprint density at radius 2 is 2.00 bits per heavy atom. The Hall–Kier alpha value is -0.670. The molecular formula is C7H10F2O2. The lowest BCUT2D eigenvalue weighted by Gasteiger charge is -2.49. The van der Waals surface area contributed by atoms with E-state index in [1.165, 1.54) is 13.8 Å². The average Bonchev–Trinajstić information content (AvgIpc) is 1.82. The smallest absolute Gasteiger partial charge is 0.307 e. The molecule has 11 heavy (non-hydrogen) atoms. The summed E-state index contributed by atoms with van der Waals surface area (Å²) in [5.74, 6) is -4.82. The zero-order valence-electron chi connectivity index (χ0n) is 6.40. The van der Waals surface area contributed by atoms with Gasteiger partial charge in [0.2, 0.25) is 0 Å². The standard InChI is InChI=1S/C7H10F2O2/c1-6(2)4(5(10)11)3-7(6,8)9/h4H,3H2,1-2H3,(H,10,11). The van der Waals surface area contributed by atoms with Crippen LogP contribution in [0.25, 0.3) is 0 Å². The van der Waals surface area contributed by atoms with E-state index in [0.29, 0.717) is 0 Å². The van der Waals surface area contributed by atoms with Crippen LogP contribution in [0.4, 0.5) is 8.78 Å². The van der Waals surface area contributed by atoms with E-state index in [2.05, 4.69) is 0 Å². The van der Waals surface area contributed by atoms with Crippen molar-refractivity contribution < 1.29 is 18.7 Å². The molecule has 0 bridgehead atoms. The largest absolute Gasteiger partial charge is 0.481 e. The van der Waals surface area contributed by atoms with Crippen molar-refractivity contribution in [2.75, 3.05) is 0 Å². The van der Waals surface area contributed by atoms with Crippen molar-refractivity contribution in [3.63, 3.8) is 0 Å². The fraction of sp³-hybridized carbons (Fsp3) is 0.857. The minimum atomic E-state index is -2.81. The van der Waals surface area contributed by atoms with Crippen LogP contribution in [0, 0.1) is 11.3 Å². The van der Waals surface area contributed by atoms with Gasteiger partial charge in [-0.15, -0.1) is 0 Å². The number of rotatable bonds is 1. The Bertz CT molecular complexity index is 199. The molecule has 0 saturated heterocycles. The summed E-state index contributed by atoms with van der Waals surface area (Å²) in [6, 6.07) is 0. The molecule has 1 fully saturated rings. The first-order valence-electron chi connectivity index (χ1n) is 3.39. The highest BCUT2D eigenvalue weighted by Crippen LogP contribution is 2.57. The van der Waals surface area contributed by atoms with Gasteiger partial charge >= 0.3 is 5.97 Å². The van der Waals surface area contributed by atoms with Gasteiger partial charge < -0.3 is 5.11 Å². The summed E-state index contributed by atoms with van der Waals surface area (Å²) >= 11 is 0. The molecule has 1 aliphatic carbocycles. The van der Waals surface area contributed by atoms with Gasteiger partial charge in [0, 0.05) is 11.8 Å². The Kier molecular flexibility index (Phi) is 1.48. The fourth-order valence-electron chi connectivity index (χ4n) is 1.29. The summed E-state index contributed by atoms with van der Waals surface area (Å²) in [6.45, 7) is 2.57. The average molecular weight is 164 g/mol.